The number of amides is 1. The number of nitrogens with one attached hydrogen (secondary N) is 1. The van der Waals surface area contributed by atoms with Crippen LogP contribution < -0.4 is 0 Å². The Labute approximate surface area is 175 Å². The number of aryl methyl sites for hydroxylation is 1. The Balaban J connectivity index is 2.01. The van der Waals surface area contributed by atoms with Crippen LogP contribution in [-0.2, 0) is 4.79 Å². The summed E-state index contributed by atoms with van der Waals surface area (Å²) in [6.45, 7) is 8.04. The van der Waals surface area contributed by atoms with E-state index in [1.165, 1.54) is 12.3 Å². The molecule has 0 radical (unpaired) electrons. The number of halogens is 1. The number of rotatable bonds is 6. The summed E-state index contributed by atoms with van der Waals surface area (Å²) in [5.74, 6) is -0.417. The van der Waals surface area contributed by atoms with Gasteiger partial charge in [-0.1, -0.05) is 12.6 Å². The maximum Gasteiger partial charge on any atom is 0.248 e. The number of benzene rings is 1. The number of H-pyrrole nitrogens is 1. The molecule has 0 atom stereocenters. The van der Waals surface area contributed by atoms with E-state index in [0.717, 1.165) is 35.2 Å². The van der Waals surface area contributed by atoms with Crippen molar-refractivity contribution in [2.75, 3.05) is 19.7 Å². The van der Waals surface area contributed by atoms with Crippen molar-refractivity contribution in [1.29, 1.82) is 0 Å². The van der Waals surface area contributed by atoms with Crippen LogP contribution in [0.1, 0.15) is 42.5 Å². The van der Waals surface area contributed by atoms with Gasteiger partial charge in [0, 0.05) is 48.2 Å². The van der Waals surface area contributed by atoms with Crippen LogP contribution in [0.3, 0.4) is 0 Å². The number of carbonyl (C=O) groups excluding carboxylic acids is 1. The fourth-order valence-electron chi connectivity index (χ4n) is 3.87. The van der Waals surface area contributed by atoms with E-state index in [1.807, 2.05) is 26.0 Å². The minimum Gasteiger partial charge on any atom is -0.387 e. The zero-order valence-corrected chi connectivity index (χ0v) is 17.4. The smallest absolute Gasteiger partial charge is 0.248 e. The molecule has 2 N–H and O–H groups in total. The molecule has 0 saturated carbocycles. The fourth-order valence-corrected chi connectivity index (χ4v) is 3.87. The van der Waals surface area contributed by atoms with Crippen molar-refractivity contribution in [3.63, 3.8) is 0 Å². The molecule has 1 aromatic carbocycles. The number of carbonyl (C=O) groups is 1. The zero-order valence-electron chi connectivity index (χ0n) is 17.4. The molecule has 0 spiro atoms. The normalized spacial score (nSPS) is 15.7. The second-order valence-electron chi connectivity index (χ2n) is 7.49. The molecule has 6 nitrogen and oxygen atoms in total. The lowest BCUT2D eigenvalue weighted by atomic mass is 9.87. The number of allylic oxidation sites excluding steroid dienone is 2. The molecule has 1 fully saturated rings. The van der Waals surface area contributed by atoms with Crippen molar-refractivity contribution in [3.8, 4) is 11.3 Å². The number of aromatic nitrogens is 2. The van der Waals surface area contributed by atoms with Crippen molar-refractivity contribution in [2.24, 2.45) is 4.99 Å². The molecular weight excluding hydrogens is 383 g/mol. The van der Waals surface area contributed by atoms with Gasteiger partial charge in [-0.2, -0.15) is 5.10 Å². The second kappa shape index (κ2) is 9.63. The highest BCUT2D eigenvalue weighted by atomic mass is 19.1. The molecule has 0 bridgehead atoms. The predicted molar refractivity (Wildman–Crippen MR) is 117 cm³/mol. The van der Waals surface area contributed by atoms with Crippen LogP contribution in [0.2, 0.25) is 0 Å². The average Bonchev–Trinajstić information content (AvgIpc) is 3.18. The van der Waals surface area contributed by atoms with E-state index in [9.17, 15) is 9.18 Å². The lowest BCUT2D eigenvalue weighted by Gasteiger charge is -2.31. The predicted octanol–water partition coefficient (Wildman–Crippen LogP) is 3.84. The maximum absolute atomic E-state index is 14.7. The molecule has 3 rings (SSSR count). The van der Waals surface area contributed by atoms with Gasteiger partial charge in [0.15, 0.2) is 0 Å². The number of piperidine rings is 1. The minimum absolute atomic E-state index is 0.150. The van der Waals surface area contributed by atoms with Crippen LogP contribution in [0.15, 0.2) is 42.0 Å². The van der Waals surface area contributed by atoms with Crippen molar-refractivity contribution >= 4 is 17.7 Å². The van der Waals surface area contributed by atoms with Crippen LogP contribution in [0, 0.1) is 12.7 Å². The first-order chi connectivity index (χ1) is 14.5. The Morgan fingerprint density at radius 2 is 2.17 bits per heavy atom. The lowest BCUT2D eigenvalue weighted by molar-refractivity contribution is -0.135. The number of hydrogen-bond acceptors (Lipinski definition) is 4. The minimum atomic E-state index is -0.471. The fraction of sp³-hybridized carbons (Fsp3) is 0.348. The number of aliphatic hydroxyl groups excluding tert-OH is 1. The third-order valence-electron chi connectivity index (χ3n) is 5.48. The van der Waals surface area contributed by atoms with E-state index in [1.54, 1.807) is 17.2 Å². The summed E-state index contributed by atoms with van der Waals surface area (Å²) in [4.78, 5) is 17.5. The molecule has 2 aromatic rings. The molecule has 1 saturated heterocycles. The molecule has 1 aliphatic heterocycles. The third kappa shape index (κ3) is 4.57. The Morgan fingerprint density at radius 1 is 1.43 bits per heavy atom. The number of likely N-dealkylation sites (tertiary alicyclic amines) is 1. The summed E-state index contributed by atoms with van der Waals surface area (Å²) < 4.78 is 14.7. The first-order valence-corrected chi connectivity index (χ1v) is 10.0. The average molecular weight is 410 g/mol. The van der Waals surface area contributed by atoms with Gasteiger partial charge in [0.1, 0.15) is 18.1 Å². The summed E-state index contributed by atoms with van der Waals surface area (Å²) >= 11 is 0. The first-order valence-electron chi connectivity index (χ1n) is 10.0. The number of aliphatic imine (C=N–C) groups is 1. The molecule has 158 valence electrons. The molecule has 1 aliphatic rings. The summed E-state index contributed by atoms with van der Waals surface area (Å²) in [6, 6.07) is 5.13. The van der Waals surface area contributed by atoms with Crippen molar-refractivity contribution in [1.82, 2.24) is 15.1 Å². The van der Waals surface area contributed by atoms with E-state index in [2.05, 4.69) is 21.8 Å². The van der Waals surface area contributed by atoms with E-state index < -0.39 is 6.61 Å². The summed E-state index contributed by atoms with van der Waals surface area (Å²) in [5.41, 5.74) is 4.56. The molecule has 30 heavy (non-hydrogen) atoms. The van der Waals surface area contributed by atoms with Gasteiger partial charge in [0.2, 0.25) is 5.91 Å². The third-order valence-corrected chi connectivity index (χ3v) is 5.48. The van der Waals surface area contributed by atoms with Crippen LogP contribution in [0.25, 0.3) is 16.8 Å². The van der Waals surface area contributed by atoms with Gasteiger partial charge >= 0.3 is 0 Å². The SMILES string of the molecule is C=CN=C/C=C(\C)c1c(-c2ccc(C)cc2F)n[nH]c1C1CCN(C(=O)CO)CC1. The Hall–Kier alpha value is -3.06. The van der Waals surface area contributed by atoms with Crippen molar-refractivity contribution in [3.05, 3.63) is 59.7 Å². The largest absolute Gasteiger partial charge is 0.387 e. The second-order valence-corrected chi connectivity index (χ2v) is 7.49. The number of aromatic amines is 1. The molecule has 1 amide bonds. The summed E-state index contributed by atoms with van der Waals surface area (Å²) in [5, 5.41) is 16.7. The number of nitrogens with zero attached hydrogens (tertiary/aromatic N) is 3. The van der Waals surface area contributed by atoms with Gasteiger partial charge in [-0.15, -0.1) is 0 Å². The van der Waals surface area contributed by atoms with Crippen LogP contribution in [0.5, 0.6) is 0 Å². The van der Waals surface area contributed by atoms with E-state index >= 15 is 0 Å². The van der Waals surface area contributed by atoms with Crippen LogP contribution in [-0.4, -0.2) is 52.0 Å². The zero-order chi connectivity index (χ0) is 21.7. The molecule has 2 heterocycles. The molecule has 0 unspecified atom stereocenters. The molecule has 7 heteroatoms. The van der Waals surface area contributed by atoms with E-state index in [0.29, 0.717) is 24.3 Å². The monoisotopic (exact) mass is 410 g/mol. The first kappa shape index (κ1) is 21.6. The summed E-state index contributed by atoms with van der Waals surface area (Å²) in [7, 11) is 0. The van der Waals surface area contributed by atoms with Gasteiger partial charge in [0.25, 0.3) is 0 Å². The standard InChI is InChI=1S/C23H27FN4O2/c1-4-25-10-7-16(3)21-22(17-8-11-28(12-9-17)20(30)14-29)26-27-23(21)18-6-5-15(2)13-19(18)24/h4-7,10,13,17,29H,1,8-9,11-12,14H2,2-3H3,(H,26,27)/b16-7+,25-10?. The van der Waals surface area contributed by atoms with Gasteiger partial charge < -0.3 is 10.0 Å². The highest BCUT2D eigenvalue weighted by Gasteiger charge is 2.29. The Morgan fingerprint density at radius 3 is 2.80 bits per heavy atom. The lowest BCUT2D eigenvalue weighted by Crippen LogP contribution is -2.39. The summed E-state index contributed by atoms with van der Waals surface area (Å²) in [6.07, 6.45) is 6.44. The number of aliphatic hydroxyl groups is 1. The topological polar surface area (TPSA) is 81.6 Å². The molecular formula is C23H27FN4O2. The molecule has 0 aliphatic carbocycles. The van der Waals surface area contributed by atoms with Gasteiger partial charge in [-0.05, 0) is 56.0 Å². The van der Waals surface area contributed by atoms with Gasteiger partial charge in [-0.3, -0.25) is 14.9 Å². The molecule has 1 aromatic heterocycles. The van der Waals surface area contributed by atoms with E-state index in [4.69, 9.17) is 5.11 Å². The highest BCUT2D eigenvalue weighted by Crippen LogP contribution is 2.38. The van der Waals surface area contributed by atoms with Crippen LogP contribution in [0.4, 0.5) is 4.39 Å². The van der Waals surface area contributed by atoms with E-state index in [-0.39, 0.29) is 17.6 Å². The Kier molecular flexibility index (Phi) is 6.95. The Bertz CT molecular complexity index is 985. The maximum atomic E-state index is 14.7. The van der Waals surface area contributed by atoms with Gasteiger partial charge in [-0.25, -0.2) is 4.39 Å². The van der Waals surface area contributed by atoms with Crippen molar-refractivity contribution < 1.29 is 14.3 Å². The van der Waals surface area contributed by atoms with Crippen LogP contribution >= 0.6 is 0 Å². The number of hydrogen-bond donors (Lipinski definition) is 2. The van der Waals surface area contributed by atoms with Gasteiger partial charge in [0.05, 0.1) is 0 Å². The quantitative estimate of drug-likeness (QED) is 0.710. The highest BCUT2D eigenvalue weighted by molar-refractivity contribution is 5.89. The van der Waals surface area contributed by atoms with Crippen molar-refractivity contribution in [2.45, 2.75) is 32.6 Å².